The predicted octanol–water partition coefficient (Wildman–Crippen LogP) is 3.35. The van der Waals surface area contributed by atoms with Gasteiger partial charge in [-0.15, -0.1) is 13.2 Å². The standard InChI is InChI=1S/C25H25F5N6O6S2/c1-41-22(38)17(9-14-8-13-2-5-32-20(31)15(13)10-18(14)42-25(28,29)30)35-6-3-16(21(35)37)36(44(39)40)19-11-33-23(43-19)34-7-4-24(26,27)12-34/h2,5,8,10-11,16-17H,3-4,6-7,9,12H2,1H3,(H2,31,32)(H,39,40)/t16-,17+/m0/s1. The zero-order valence-corrected chi connectivity index (χ0v) is 24.4. The maximum atomic E-state index is 13.7. The van der Waals surface area contributed by atoms with Gasteiger partial charge in [0.25, 0.3) is 17.2 Å². The van der Waals surface area contributed by atoms with E-state index < -0.39 is 66.2 Å². The molecular weight excluding hydrogens is 639 g/mol. The molecule has 0 radical (unpaired) electrons. The average Bonchev–Trinajstić information content (AvgIpc) is 3.66. The summed E-state index contributed by atoms with van der Waals surface area (Å²) in [6.45, 7) is -0.672. The van der Waals surface area contributed by atoms with E-state index in [1.54, 1.807) is 0 Å². The van der Waals surface area contributed by atoms with Gasteiger partial charge in [0.15, 0.2) is 5.13 Å². The zero-order chi connectivity index (χ0) is 32.0. The third-order valence-corrected chi connectivity index (χ3v) is 9.23. The Morgan fingerprint density at radius 3 is 2.70 bits per heavy atom. The molecule has 12 nitrogen and oxygen atoms in total. The summed E-state index contributed by atoms with van der Waals surface area (Å²) in [5.41, 5.74) is 5.73. The summed E-state index contributed by atoms with van der Waals surface area (Å²) < 4.78 is 100.0. The number of amides is 1. The molecule has 2 aliphatic heterocycles. The van der Waals surface area contributed by atoms with Crippen LogP contribution in [0.4, 0.5) is 37.9 Å². The van der Waals surface area contributed by atoms with E-state index >= 15 is 0 Å². The number of rotatable bonds is 9. The molecule has 44 heavy (non-hydrogen) atoms. The van der Waals surface area contributed by atoms with E-state index in [9.17, 15) is 40.3 Å². The van der Waals surface area contributed by atoms with Crippen molar-refractivity contribution in [2.75, 3.05) is 41.7 Å². The van der Waals surface area contributed by atoms with Crippen LogP contribution in [0.25, 0.3) is 10.8 Å². The molecule has 4 heterocycles. The highest BCUT2D eigenvalue weighted by atomic mass is 32.2. The molecule has 0 bridgehead atoms. The van der Waals surface area contributed by atoms with Gasteiger partial charge in [-0.3, -0.25) is 9.35 Å². The van der Waals surface area contributed by atoms with Gasteiger partial charge in [0, 0.05) is 37.5 Å². The van der Waals surface area contributed by atoms with Crippen molar-refractivity contribution < 1.29 is 49.8 Å². The quantitative estimate of drug-likeness (QED) is 0.198. The third kappa shape index (κ3) is 6.48. The Balaban J connectivity index is 1.44. The molecule has 0 saturated carbocycles. The van der Waals surface area contributed by atoms with Crippen LogP contribution in [0.2, 0.25) is 0 Å². The molecular formula is C25H25F5N6O6S2. The zero-order valence-electron chi connectivity index (χ0n) is 22.8. The van der Waals surface area contributed by atoms with E-state index in [2.05, 4.69) is 14.7 Å². The number of benzene rings is 1. The van der Waals surface area contributed by atoms with Crippen LogP contribution < -0.4 is 19.7 Å². The SMILES string of the molecule is COC(=O)[C@@H](Cc1cc2ccnc(N)c2cc1OC(F)(F)F)N1CC[C@H](N(c2cnc(N3CCC(F)(F)C3)s2)S(=O)O)C1=O. The van der Waals surface area contributed by atoms with Crippen molar-refractivity contribution in [2.45, 2.75) is 43.6 Å². The molecule has 2 saturated heterocycles. The van der Waals surface area contributed by atoms with E-state index in [4.69, 9.17) is 10.5 Å². The maximum absolute atomic E-state index is 13.7. The molecule has 1 amide bonds. The van der Waals surface area contributed by atoms with Crippen LogP contribution in [0.15, 0.2) is 30.6 Å². The van der Waals surface area contributed by atoms with Crippen molar-refractivity contribution >= 4 is 61.2 Å². The fourth-order valence-corrected chi connectivity index (χ4v) is 7.09. The molecule has 1 unspecified atom stereocenters. The first-order chi connectivity index (χ1) is 20.7. The number of hydrogen-bond donors (Lipinski definition) is 2. The Morgan fingerprint density at radius 1 is 1.32 bits per heavy atom. The van der Waals surface area contributed by atoms with Crippen LogP contribution in [0.5, 0.6) is 5.75 Å². The van der Waals surface area contributed by atoms with Crippen LogP contribution in [0, 0.1) is 0 Å². The molecule has 0 aliphatic carbocycles. The molecule has 238 valence electrons. The lowest BCUT2D eigenvalue weighted by Crippen LogP contribution is -2.49. The summed E-state index contributed by atoms with van der Waals surface area (Å²) in [4.78, 5) is 37.0. The summed E-state index contributed by atoms with van der Waals surface area (Å²) in [5.74, 6) is -5.35. The third-order valence-electron chi connectivity index (χ3n) is 7.27. The fourth-order valence-electron chi connectivity index (χ4n) is 5.27. The molecule has 0 spiro atoms. The largest absolute Gasteiger partial charge is 0.573 e. The highest BCUT2D eigenvalue weighted by Gasteiger charge is 2.45. The molecule has 3 aromatic rings. The number of nitrogens with zero attached hydrogens (tertiary/aromatic N) is 5. The van der Waals surface area contributed by atoms with Crippen LogP contribution in [0.3, 0.4) is 0 Å². The highest BCUT2D eigenvalue weighted by molar-refractivity contribution is 7.81. The van der Waals surface area contributed by atoms with Crippen molar-refractivity contribution in [3.8, 4) is 5.75 Å². The molecule has 2 aromatic heterocycles. The van der Waals surface area contributed by atoms with Gasteiger partial charge in [-0.05, 0) is 35.6 Å². The lowest BCUT2D eigenvalue weighted by molar-refractivity contribution is -0.274. The number of nitrogens with two attached hydrogens (primary N) is 1. The summed E-state index contributed by atoms with van der Waals surface area (Å²) in [6, 6.07) is 1.14. The van der Waals surface area contributed by atoms with E-state index in [-0.39, 0.29) is 52.8 Å². The summed E-state index contributed by atoms with van der Waals surface area (Å²) in [6.07, 6.45) is -3.46. The fraction of sp³-hybridized carbons (Fsp3) is 0.440. The Morgan fingerprint density at radius 2 is 2.07 bits per heavy atom. The van der Waals surface area contributed by atoms with Gasteiger partial charge in [-0.25, -0.2) is 32.1 Å². The Kier molecular flexibility index (Phi) is 8.56. The smallest absolute Gasteiger partial charge is 0.467 e. The highest BCUT2D eigenvalue weighted by Crippen LogP contribution is 2.39. The maximum Gasteiger partial charge on any atom is 0.573 e. The lowest BCUT2D eigenvalue weighted by Gasteiger charge is -2.28. The Labute approximate surface area is 252 Å². The number of carbonyl (C=O) groups excluding carboxylic acids is 2. The first kappa shape index (κ1) is 31.6. The topological polar surface area (TPSA) is 151 Å². The number of carbonyl (C=O) groups is 2. The van der Waals surface area contributed by atoms with Crippen LogP contribution in [0.1, 0.15) is 18.4 Å². The number of aromatic nitrogens is 2. The number of pyridine rings is 1. The normalized spacial score (nSPS) is 19.8. The van der Waals surface area contributed by atoms with Gasteiger partial charge in [0.05, 0.1) is 19.9 Å². The summed E-state index contributed by atoms with van der Waals surface area (Å²) in [5, 5.41) is 0.791. The second-order valence-corrected chi connectivity index (χ2v) is 11.9. The number of ether oxygens (including phenoxy) is 2. The van der Waals surface area contributed by atoms with Gasteiger partial charge in [-0.2, -0.15) is 0 Å². The van der Waals surface area contributed by atoms with Crippen molar-refractivity contribution in [1.29, 1.82) is 0 Å². The number of thiazole rings is 1. The number of fused-ring (bicyclic) bond motifs is 1. The number of hydrogen-bond acceptors (Lipinski definition) is 10. The lowest BCUT2D eigenvalue weighted by atomic mass is 10.00. The monoisotopic (exact) mass is 664 g/mol. The van der Waals surface area contributed by atoms with Gasteiger partial charge in [-0.1, -0.05) is 11.3 Å². The summed E-state index contributed by atoms with van der Waals surface area (Å²) >= 11 is -1.93. The van der Waals surface area contributed by atoms with Crippen molar-refractivity contribution in [3.63, 3.8) is 0 Å². The summed E-state index contributed by atoms with van der Waals surface area (Å²) in [7, 11) is 1.04. The number of methoxy groups -OCH3 is 1. The van der Waals surface area contributed by atoms with Crippen LogP contribution in [-0.2, 0) is 32.0 Å². The molecule has 1 aromatic carbocycles. The molecule has 3 N–H and O–H groups in total. The number of esters is 1. The van der Waals surface area contributed by atoms with Crippen molar-refractivity contribution in [1.82, 2.24) is 14.9 Å². The van der Waals surface area contributed by atoms with E-state index in [1.807, 2.05) is 0 Å². The molecule has 2 aliphatic rings. The Hall–Kier alpha value is -3.84. The molecule has 19 heteroatoms. The second-order valence-electron chi connectivity index (χ2n) is 10.1. The van der Waals surface area contributed by atoms with Crippen LogP contribution >= 0.6 is 11.3 Å². The molecule has 2 fully saturated rings. The minimum absolute atomic E-state index is 0.0248. The first-order valence-corrected chi connectivity index (χ1v) is 14.9. The van der Waals surface area contributed by atoms with Crippen molar-refractivity contribution in [3.05, 3.63) is 36.2 Å². The van der Waals surface area contributed by atoms with E-state index in [0.29, 0.717) is 5.39 Å². The second kappa shape index (κ2) is 11.9. The molecule has 3 atom stereocenters. The van der Waals surface area contributed by atoms with Gasteiger partial charge in [0.1, 0.15) is 28.7 Å². The number of anilines is 3. The van der Waals surface area contributed by atoms with E-state index in [1.165, 1.54) is 29.4 Å². The number of alkyl halides is 5. The minimum atomic E-state index is -5.10. The number of halogens is 5. The minimum Gasteiger partial charge on any atom is -0.467 e. The van der Waals surface area contributed by atoms with Crippen molar-refractivity contribution in [2.24, 2.45) is 0 Å². The number of likely N-dealkylation sites (tertiary alicyclic amines) is 1. The van der Waals surface area contributed by atoms with Gasteiger partial charge < -0.3 is 25.0 Å². The first-order valence-electron chi connectivity index (χ1n) is 13.0. The number of nitrogen functional groups attached to an aromatic ring is 1. The van der Waals surface area contributed by atoms with E-state index in [0.717, 1.165) is 33.7 Å². The predicted molar refractivity (Wildman–Crippen MR) is 150 cm³/mol. The average molecular weight is 665 g/mol. The van der Waals surface area contributed by atoms with Gasteiger partial charge >= 0.3 is 12.3 Å². The van der Waals surface area contributed by atoms with Gasteiger partial charge in [0.2, 0.25) is 5.91 Å². The Bertz CT molecular complexity index is 1610. The molecule has 5 rings (SSSR count). The van der Waals surface area contributed by atoms with Crippen LogP contribution in [-0.4, -0.2) is 86.6 Å².